The van der Waals surface area contributed by atoms with Crippen molar-refractivity contribution in [3.05, 3.63) is 28.5 Å². The first kappa shape index (κ1) is 27.6. The molecule has 0 amide bonds. The van der Waals surface area contributed by atoms with Crippen LogP contribution in [0.15, 0.2) is 12.1 Å². The van der Waals surface area contributed by atoms with Gasteiger partial charge in [-0.1, -0.05) is 30.9 Å². The standard InChI is InChI=1S/C32H37ClF2N6O2/c1-40-28-24-27(38-30(39-28)43-17-32-10-5-11-41(32)15-19(34)14-32)25(35)26(21-12-20(36)13-22(33)23(21)18-6-7-18)37-29(24)42-16-31(40)8-3-2-4-9-31/h12-13,18-19H,2-11,14-17,36H2,1H3/t19-,32+/m1/s1. The van der Waals surface area contributed by atoms with Gasteiger partial charge in [-0.15, -0.1) is 0 Å². The van der Waals surface area contributed by atoms with Crippen LogP contribution in [0, 0.1) is 5.82 Å². The van der Waals surface area contributed by atoms with E-state index < -0.39 is 12.0 Å². The summed E-state index contributed by atoms with van der Waals surface area (Å²) in [4.78, 5) is 18.7. The predicted octanol–water partition coefficient (Wildman–Crippen LogP) is 6.43. The van der Waals surface area contributed by atoms with Crippen LogP contribution in [0.2, 0.25) is 5.02 Å². The van der Waals surface area contributed by atoms with E-state index in [-0.39, 0.29) is 40.8 Å². The number of hydrogen-bond acceptors (Lipinski definition) is 8. The van der Waals surface area contributed by atoms with E-state index in [1.54, 1.807) is 12.1 Å². The Kier molecular flexibility index (Phi) is 6.42. The second-order valence-corrected chi connectivity index (χ2v) is 13.8. The van der Waals surface area contributed by atoms with E-state index >= 15 is 4.39 Å². The van der Waals surface area contributed by atoms with E-state index in [1.165, 1.54) is 6.42 Å². The summed E-state index contributed by atoms with van der Waals surface area (Å²) in [7, 11) is 2.01. The number of benzene rings is 1. The van der Waals surface area contributed by atoms with Crippen LogP contribution in [-0.4, -0.2) is 70.5 Å². The van der Waals surface area contributed by atoms with Gasteiger partial charge in [-0.3, -0.25) is 4.90 Å². The molecule has 2 saturated heterocycles. The molecule has 0 bridgehead atoms. The molecule has 11 heteroatoms. The molecule has 8 nitrogen and oxygen atoms in total. The van der Waals surface area contributed by atoms with Gasteiger partial charge in [-0.05, 0) is 68.7 Å². The summed E-state index contributed by atoms with van der Waals surface area (Å²) < 4.78 is 44.1. The first-order chi connectivity index (χ1) is 20.8. The van der Waals surface area contributed by atoms with Crippen molar-refractivity contribution in [3.63, 3.8) is 0 Å². The second-order valence-electron chi connectivity index (χ2n) is 13.4. The van der Waals surface area contributed by atoms with Gasteiger partial charge in [0, 0.05) is 36.3 Å². The topological polar surface area (TPSA) is 89.6 Å². The lowest BCUT2D eigenvalue weighted by Gasteiger charge is -2.43. The third kappa shape index (κ3) is 4.42. The summed E-state index contributed by atoms with van der Waals surface area (Å²) in [6.07, 6.45) is 8.55. The van der Waals surface area contributed by atoms with Gasteiger partial charge in [-0.25, -0.2) is 13.8 Å². The Morgan fingerprint density at radius 1 is 1.12 bits per heavy atom. The van der Waals surface area contributed by atoms with E-state index in [0.717, 1.165) is 63.5 Å². The summed E-state index contributed by atoms with van der Waals surface area (Å²) in [6, 6.07) is 3.55. The number of fused-ring (bicyclic) bond motifs is 1. The van der Waals surface area contributed by atoms with Crippen LogP contribution in [0.25, 0.3) is 22.2 Å². The number of pyridine rings is 1. The number of nitrogen functional groups attached to an aromatic ring is 1. The van der Waals surface area contributed by atoms with Gasteiger partial charge in [0.2, 0.25) is 5.88 Å². The zero-order valence-corrected chi connectivity index (χ0v) is 25.2. The zero-order valence-electron chi connectivity index (χ0n) is 24.5. The molecule has 1 aromatic carbocycles. The fraction of sp³-hybridized carbons (Fsp3) is 0.594. The van der Waals surface area contributed by atoms with Crippen LogP contribution in [0.4, 0.5) is 20.3 Å². The molecule has 1 spiro atoms. The lowest BCUT2D eigenvalue weighted by Crippen LogP contribution is -2.52. The quantitative estimate of drug-likeness (QED) is 0.331. The van der Waals surface area contributed by atoms with E-state index in [1.807, 2.05) is 7.05 Å². The Bertz CT molecular complexity index is 1610. The maximum absolute atomic E-state index is 16.9. The molecular formula is C32H37ClF2N6O2. The fourth-order valence-corrected chi connectivity index (χ4v) is 8.56. The van der Waals surface area contributed by atoms with Gasteiger partial charge in [0.25, 0.3) is 0 Å². The molecule has 43 heavy (non-hydrogen) atoms. The first-order valence-corrected chi connectivity index (χ1v) is 16.0. The molecule has 3 aliphatic heterocycles. The van der Waals surface area contributed by atoms with Crippen LogP contribution in [0.3, 0.4) is 0 Å². The normalized spacial score (nSPS) is 26.5. The van der Waals surface area contributed by atoms with Crippen LogP contribution in [-0.2, 0) is 0 Å². The molecule has 3 aromatic rings. The number of halogens is 3. The number of ether oxygens (including phenoxy) is 2. The first-order valence-electron chi connectivity index (χ1n) is 15.7. The minimum Gasteiger partial charge on any atom is -0.475 e. The summed E-state index contributed by atoms with van der Waals surface area (Å²) in [5.41, 5.74) is 7.61. The Labute approximate surface area is 254 Å². The summed E-state index contributed by atoms with van der Waals surface area (Å²) in [5, 5.41) is 0.953. The molecule has 5 aliphatic rings. The van der Waals surface area contributed by atoms with E-state index in [2.05, 4.69) is 14.8 Å². The summed E-state index contributed by atoms with van der Waals surface area (Å²) >= 11 is 6.68. The van der Waals surface area contributed by atoms with E-state index in [0.29, 0.717) is 52.9 Å². The minimum absolute atomic E-state index is 0.0840. The Hall–Kier alpha value is -2.98. The van der Waals surface area contributed by atoms with Crippen LogP contribution < -0.4 is 20.1 Å². The van der Waals surface area contributed by atoms with Gasteiger partial charge in [0.05, 0.1) is 11.1 Å². The van der Waals surface area contributed by atoms with Crippen molar-refractivity contribution in [3.8, 4) is 23.1 Å². The molecule has 0 unspecified atom stereocenters. The highest BCUT2D eigenvalue weighted by molar-refractivity contribution is 6.32. The van der Waals surface area contributed by atoms with Crippen molar-refractivity contribution in [2.75, 3.05) is 44.0 Å². The maximum Gasteiger partial charge on any atom is 0.319 e. The van der Waals surface area contributed by atoms with Crippen molar-refractivity contribution in [1.29, 1.82) is 0 Å². The number of rotatable bonds is 5. The lowest BCUT2D eigenvalue weighted by atomic mass is 9.81. The molecule has 2 atom stereocenters. The molecule has 8 rings (SSSR count). The predicted molar refractivity (Wildman–Crippen MR) is 162 cm³/mol. The molecule has 5 heterocycles. The van der Waals surface area contributed by atoms with Crippen molar-refractivity contribution in [1.82, 2.24) is 19.9 Å². The number of nitrogens with zero attached hydrogens (tertiary/aromatic N) is 5. The smallest absolute Gasteiger partial charge is 0.319 e. The highest BCUT2D eigenvalue weighted by Crippen LogP contribution is 2.51. The average Bonchev–Trinajstić information content (AvgIpc) is 3.69. The molecule has 4 fully saturated rings. The molecule has 2 aromatic heterocycles. The molecule has 2 N–H and O–H groups in total. The average molecular weight is 611 g/mol. The van der Waals surface area contributed by atoms with Gasteiger partial charge >= 0.3 is 6.01 Å². The number of hydrogen-bond donors (Lipinski definition) is 1. The van der Waals surface area contributed by atoms with Gasteiger partial charge in [-0.2, -0.15) is 9.97 Å². The molecule has 0 radical (unpaired) electrons. The van der Waals surface area contributed by atoms with Crippen molar-refractivity contribution in [2.24, 2.45) is 0 Å². The number of nitrogens with two attached hydrogens (primary N) is 1. The lowest BCUT2D eigenvalue weighted by molar-refractivity contribution is 0.107. The van der Waals surface area contributed by atoms with Gasteiger partial charge in [0.15, 0.2) is 5.82 Å². The SMILES string of the molecule is CN1c2nc(OC[C@@]34CCCN3C[C@H](F)C4)nc3c(F)c(-c4cc(N)cc(Cl)c4C4CC4)nc(c23)OCC12CCCCC2. The fourth-order valence-electron chi connectivity index (χ4n) is 8.18. The largest absolute Gasteiger partial charge is 0.475 e. The summed E-state index contributed by atoms with van der Waals surface area (Å²) in [5.74, 6) is 0.503. The van der Waals surface area contributed by atoms with Crippen molar-refractivity contribution < 1.29 is 18.3 Å². The second kappa shape index (κ2) is 10.0. The molecule has 2 saturated carbocycles. The van der Waals surface area contributed by atoms with Crippen LogP contribution >= 0.6 is 11.6 Å². The zero-order chi connectivity index (χ0) is 29.5. The highest BCUT2D eigenvalue weighted by Gasteiger charge is 2.50. The summed E-state index contributed by atoms with van der Waals surface area (Å²) in [6.45, 7) is 1.95. The number of likely N-dealkylation sites (N-methyl/N-ethyl adjacent to an activating group) is 1. The van der Waals surface area contributed by atoms with Crippen molar-refractivity contribution in [2.45, 2.75) is 87.4 Å². The monoisotopic (exact) mass is 610 g/mol. The molecule has 228 valence electrons. The van der Waals surface area contributed by atoms with Crippen LogP contribution in [0.5, 0.6) is 11.9 Å². The van der Waals surface area contributed by atoms with Gasteiger partial charge < -0.3 is 20.1 Å². The molecule has 2 aliphatic carbocycles. The molecular weight excluding hydrogens is 574 g/mol. The van der Waals surface area contributed by atoms with Crippen molar-refractivity contribution >= 4 is 34.0 Å². The maximum atomic E-state index is 16.9. The minimum atomic E-state index is -0.875. The van der Waals surface area contributed by atoms with Crippen LogP contribution in [0.1, 0.15) is 75.7 Å². The van der Waals surface area contributed by atoms with E-state index in [9.17, 15) is 4.39 Å². The third-order valence-electron chi connectivity index (χ3n) is 10.6. The van der Waals surface area contributed by atoms with Gasteiger partial charge in [0.1, 0.15) is 41.8 Å². The Morgan fingerprint density at radius 2 is 1.93 bits per heavy atom. The number of aromatic nitrogens is 3. The highest BCUT2D eigenvalue weighted by atomic mass is 35.5. The Balaban J connectivity index is 1.29. The number of anilines is 2. The number of alkyl halides is 1. The third-order valence-corrected chi connectivity index (χ3v) is 10.9. The van der Waals surface area contributed by atoms with E-state index in [4.69, 9.17) is 36.8 Å². The Morgan fingerprint density at radius 3 is 2.72 bits per heavy atom.